The number of phenolic OH excluding ortho intramolecular Hbond substituents is 2. The molecule has 0 aliphatic carbocycles. The number of rotatable bonds is 10. The van der Waals surface area contributed by atoms with Crippen LogP contribution < -0.4 is 9.47 Å². The van der Waals surface area contributed by atoms with Gasteiger partial charge in [-0.1, -0.05) is 24.3 Å². The molecule has 15 heteroatoms. The largest absolute Gasteiger partial charge is 0.508 e. The zero-order valence-electron chi connectivity index (χ0n) is 26.3. The summed E-state index contributed by atoms with van der Waals surface area (Å²) >= 11 is 0. The van der Waals surface area contributed by atoms with E-state index in [1.807, 2.05) is 0 Å². The van der Waals surface area contributed by atoms with Crippen LogP contribution in [0.3, 0.4) is 0 Å². The van der Waals surface area contributed by atoms with Crippen LogP contribution in [0.25, 0.3) is 6.08 Å². The quantitative estimate of drug-likeness (QED) is 0.114. The molecule has 3 heterocycles. The summed E-state index contributed by atoms with van der Waals surface area (Å²) < 4.78 is 33.9. The Labute approximate surface area is 285 Å². The van der Waals surface area contributed by atoms with Gasteiger partial charge < -0.3 is 64.2 Å². The Bertz CT molecular complexity index is 1690. The first-order valence-corrected chi connectivity index (χ1v) is 15.7. The minimum Gasteiger partial charge on any atom is -0.508 e. The molecule has 50 heavy (non-hydrogen) atoms. The number of hydrogen-bond acceptors (Lipinski definition) is 15. The topological polar surface area (TPSA) is 231 Å². The van der Waals surface area contributed by atoms with E-state index < -0.39 is 80.6 Å². The van der Waals surface area contributed by atoms with Crippen LogP contribution in [0.4, 0.5) is 0 Å². The Kier molecular flexibility index (Phi) is 10.4. The van der Waals surface area contributed by atoms with E-state index in [4.69, 9.17) is 28.4 Å². The number of hydrogen-bond donors (Lipinski definition) is 7. The van der Waals surface area contributed by atoms with Crippen molar-refractivity contribution in [2.24, 2.45) is 0 Å². The zero-order chi connectivity index (χ0) is 35.6. The molecule has 0 unspecified atom stereocenters. The molecule has 0 amide bonds. The molecule has 0 aromatic heterocycles. The molecule has 2 fully saturated rings. The van der Waals surface area contributed by atoms with E-state index in [1.165, 1.54) is 48.5 Å². The first kappa shape index (κ1) is 35.3. The van der Waals surface area contributed by atoms with Crippen LogP contribution >= 0.6 is 0 Å². The lowest BCUT2D eigenvalue weighted by atomic mass is 9.96. The summed E-state index contributed by atoms with van der Waals surface area (Å²) in [5.74, 6) is -0.515. The first-order valence-electron chi connectivity index (χ1n) is 15.7. The third-order valence-electron chi connectivity index (χ3n) is 8.60. The summed E-state index contributed by atoms with van der Waals surface area (Å²) in [7, 11) is 0. The van der Waals surface area contributed by atoms with E-state index in [9.17, 15) is 45.3 Å². The number of ketones is 1. The van der Waals surface area contributed by atoms with Crippen molar-refractivity contribution in [3.8, 4) is 23.0 Å². The molecule has 266 valence electrons. The van der Waals surface area contributed by atoms with Crippen LogP contribution in [0.1, 0.15) is 34.0 Å². The van der Waals surface area contributed by atoms with Crippen LogP contribution in [0, 0.1) is 0 Å². The Balaban J connectivity index is 1.10. The summed E-state index contributed by atoms with van der Waals surface area (Å²) in [6, 6.07) is 16.6. The third-order valence-corrected chi connectivity index (χ3v) is 8.60. The molecule has 6 rings (SSSR count). The number of carbonyl (C=O) groups excluding carboxylic acids is 2. The van der Waals surface area contributed by atoms with Gasteiger partial charge in [0.1, 0.15) is 60.1 Å². The Morgan fingerprint density at radius 3 is 2.38 bits per heavy atom. The molecule has 7 N–H and O–H groups in total. The van der Waals surface area contributed by atoms with E-state index in [0.717, 1.165) is 6.08 Å². The van der Waals surface area contributed by atoms with Crippen molar-refractivity contribution in [2.75, 3.05) is 19.8 Å². The molecule has 2 saturated heterocycles. The highest BCUT2D eigenvalue weighted by Gasteiger charge is 2.54. The number of aromatic hydroxyl groups is 2. The van der Waals surface area contributed by atoms with Crippen molar-refractivity contribution in [1.29, 1.82) is 0 Å². The monoisotopic (exact) mass is 696 g/mol. The maximum absolute atomic E-state index is 12.7. The first-order chi connectivity index (χ1) is 23.9. The van der Waals surface area contributed by atoms with E-state index in [1.54, 1.807) is 24.3 Å². The number of Topliss-reactive ketones (excluding diaryl/α,β-unsaturated/α-hetero) is 1. The molecule has 3 aromatic carbocycles. The van der Waals surface area contributed by atoms with Gasteiger partial charge in [0.15, 0.2) is 23.8 Å². The van der Waals surface area contributed by atoms with Gasteiger partial charge in [0.05, 0.1) is 25.2 Å². The van der Waals surface area contributed by atoms with Crippen LogP contribution in [-0.2, 0) is 23.7 Å². The normalized spacial score (nSPS) is 30.9. The second-order valence-electron chi connectivity index (χ2n) is 12.2. The van der Waals surface area contributed by atoms with Gasteiger partial charge in [0.2, 0.25) is 6.29 Å². The average molecular weight is 697 g/mol. The lowest BCUT2D eigenvalue weighted by Gasteiger charge is -2.42. The predicted molar refractivity (Wildman–Crippen MR) is 169 cm³/mol. The van der Waals surface area contributed by atoms with Crippen LogP contribution in [-0.4, -0.2) is 116 Å². The van der Waals surface area contributed by atoms with E-state index >= 15 is 0 Å². The summed E-state index contributed by atoms with van der Waals surface area (Å²) in [4.78, 5) is 24.9. The van der Waals surface area contributed by atoms with Crippen molar-refractivity contribution in [3.05, 3.63) is 89.5 Å². The third kappa shape index (κ3) is 7.60. The highest BCUT2D eigenvalue weighted by molar-refractivity contribution is 6.00. The van der Waals surface area contributed by atoms with Gasteiger partial charge in [-0.3, -0.25) is 4.79 Å². The van der Waals surface area contributed by atoms with Crippen LogP contribution in [0.2, 0.25) is 0 Å². The van der Waals surface area contributed by atoms with E-state index in [-0.39, 0.29) is 35.2 Å². The summed E-state index contributed by atoms with van der Waals surface area (Å²) in [5, 5.41) is 72.4. The maximum Gasteiger partial charge on any atom is 0.330 e. The summed E-state index contributed by atoms with van der Waals surface area (Å²) in [6.45, 7) is -1.88. The molecule has 0 radical (unpaired) electrons. The van der Waals surface area contributed by atoms with Crippen molar-refractivity contribution < 1.29 is 73.8 Å². The van der Waals surface area contributed by atoms with Crippen molar-refractivity contribution in [1.82, 2.24) is 0 Å². The SMILES string of the molecule is O=C(C=Cc1ccc(O)cc1)OC[C@@]1(O)CO[C@@H](O[C@H]2[C@H](Oc3ccc([C@H]4CC(=O)c5ccc(O)cc5O4)cc3)O[C@H](CO)[C@@H](O)[C@@H]2O)[C@@H]1O. The van der Waals surface area contributed by atoms with E-state index in [0.29, 0.717) is 16.7 Å². The predicted octanol–water partition coefficient (Wildman–Crippen LogP) is 0.712. The van der Waals surface area contributed by atoms with Gasteiger partial charge >= 0.3 is 5.97 Å². The van der Waals surface area contributed by atoms with Gasteiger partial charge in [-0.15, -0.1) is 0 Å². The standard InChI is InChI=1S/C35H36O15/c36-15-27-29(41)30(42)31(50-34-32(43)35(44,17-46-34)16-45-28(40)12-3-18-1-6-20(37)7-2-18)33(49-27)47-22-9-4-19(5-10-22)25-14-24(39)23-11-8-21(38)13-26(23)48-25/h1-13,25,27,29-34,36-38,41-44H,14-17H2/t25-,27-,29-,30+,31-,32+,33-,34+,35-/m1/s1. The molecule has 3 aromatic rings. The van der Waals surface area contributed by atoms with Gasteiger partial charge in [-0.05, 0) is 53.6 Å². The number of fused-ring (bicyclic) bond motifs is 1. The lowest BCUT2D eigenvalue weighted by molar-refractivity contribution is -0.318. The van der Waals surface area contributed by atoms with Gasteiger partial charge in [-0.25, -0.2) is 4.79 Å². The number of carbonyl (C=O) groups is 2. The second-order valence-corrected chi connectivity index (χ2v) is 12.2. The highest BCUT2D eigenvalue weighted by Crippen LogP contribution is 2.38. The second kappa shape index (κ2) is 14.7. The molecule has 0 saturated carbocycles. The molecular formula is C35H36O15. The lowest BCUT2D eigenvalue weighted by Crippen LogP contribution is -2.62. The van der Waals surface area contributed by atoms with Crippen molar-refractivity contribution in [3.63, 3.8) is 0 Å². The number of aliphatic hydroxyl groups excluding tert-OH is 4. The van der Waals surface area contributed by atoms with Crippen LogP contribution in [0.15, 0.2) is 72.8 Å². The Hall–Kier alpha value is -4.58. The number of aliphatic hydroxyl groups is 5. The van der Waals surface area contributed by atoms with Crippen LogP contribution in [0.5, 0.6) is 23.0 Å². The Morgan fingerprint density at radius 1 is 0.940 bits per heavy atom. The van der Waals surface area contributed by atoms with Crippen molar-refractivity contribution >= 4 is 17.8 Å². The van der Waals surface area contributed by atoms with E-state index in [2.05, 4.69) is 0 Å². The fourth-order valence-electron chi connectivity index (χ4n) is 5.74. The Morgan fingerprint density at radius 2 is 1.66 bits per heavy atom. The molecule has 0 bridgehead atoms. The van der Waals surface area contributed by atoms with Gasteiger partial charge in [0, 0.05) is 12.1 Å². The molecule has 3 aliphatic rings. The maximum atomic E-state index is 12.7. The fraction of sp³-hybridized carbons (Fsp3) is 0.371. The minimum absolute atomic E-state index is 0.0436. The highest BCUT2D eigenvalue weighted by atomic mass is 16.8. The minimum atomic E-state index is -2.10. The number of phenols is 2. The van der Waals surface area contributed by atoms with Gasteiger partial charge in [0.25, 0.3) is 0 Å². The molecular weight excluding hydrogens is 660 g/mol. The number of benzene rings is 3. The molecule has 3 aliphatic heterocycles. The number of ether oxygens (including phenoxy) is 6. The molecule has 0 spiro atoms. The van der Waals surface area contributed by atoms with Gasteiger partial charge in [-0.2, -0.15) is 0 Å². The zero-order valence-corrected chi connectivity index (χ0v) is 26.3. The smallest absolute Gasteiger partial charge is 0.330 e. The fourth-order valence-corrected chi connectivity index (χ4v) is 5.74. The molecule has 15 nitrogen and oxygen atoms in total. The molecule has 9 atom stereocenters. The summed E-state index contributed by atoms with van der Waals surface area (Å²) in [6.07, 6.45) is -9.03. The average Bonchev–Trinajstić information content (AvgIpc) is 3.39. The summed E-state index contributed by atoms with van der Waals surface area (Å²) in [5.41, 5.74) is -0.508. The number of esters is 1. The van der Waals surface area contributed by atoms with Crippen molar-refractivity contribution in [2.45, 2.75) is 61.2 Å².